The van der Waals surface area contributed by atoms with Crippen LogP contribution in [0.3, 0.4) is 0 Å². The Hall–Kier alpha value is -2.98. The number of anilines is 1. The first-order chi connectivity index (χ1) is 11.3. The van der Waals surface area contributed by atoms with E-state index in [1.807, 2.05) is 35.0 Å². The lowest BCUT2D eigenvalue weighted by Gasteiger charge is -2.09. The number of rotatable bonds is 5. The minimum atomic E-state index is -0.426. The quantitative estimate of drug-likeness (QED) is 0.751. The van der Waals surface area contributed by atoms with Crippen LogP contribution in [0.15, 0.2) is 46.1 Å². The van der Waals surface area contributed by atoms with Crippen LogP contribution < -0.4 is 10.9 Å². The third kappa shape index (κ3) is 3.62. The van der Waals surface area contributed by atoms with Gasteiger partial charge < -0.3 is 10.3 Å². The number of thiophene rings is 1. The summed E-state index contributed by atoms with van der Waals surface area (Å²) in [4.78, 5) is 23.1. The van der Waals surface area contributed by atoms with Gasteiger partial charge in [0.2, 0.25) is 0 Å². The second kappa shape index (κ2) is 6.85. The number of hydrogen-bond acceptors (Lipinski definition) is 6. The average Bonchev–Trinajstić information content (AvgIpc) is 3.06. The first kappa shape index (κ1) is 14.9. The highest BCUT2D eigenvalue weighted by Crippen LogP contribution is 2.13. The Kier molecular flexibility index (Phi) is 4.45. The summed E-state index contributed by atoms with van der Waals surface area (Å²) in [5.41, 5.74) is 1.63. The van der Waals surface area contributed by atoms with Crippen LogP contribution in [-0.2, 0) is 13.0 Å². The molecule has 0 aromatic carbocycles. The summed E-state index contributed by atoms with van der Waals surface area (Å²) in [6.45, 7) is 0.464. The Morgan fingerprint density at radius 2 is 2.09 bits per heavy atom. The van der Waals surface area contributed by atoms with E-state index in [0.29, 0.717) is 24.6 Å². The van der Waals surface area contributed by atoms with Crippen molar-refractivity contribution in [2.75, 3.05) is 5.32 Å². The van der Waals surface area contributed by atoms with Gasteiger partial charge in [-0.3, -0.25) is 9.78 Å². The predicted octanol–water partition coefficient (Wildman–Crippen LogP) is 2.30. The first-order valence-corrected chi connectivity index (χ1v) is 7.87. The summed E-state index contributed by atoms with van der Waals surface area (Å²) < 4.78 is 0. The summed E-state index contributed by atoms with van der Waals surface area (Å²) in [6, 6.07) is 7.61. The molecule has 3 aromatic heterocycles. The molecule has 0 spiro atoms. The van der Waals surface area contributed by atoms with E-state index in [4.69, 9.17) is 0 Å². The van der Waals surface area contributed by atoms with Gasteiger partial charge in [-0.05, 0) is 40.1 Å². The van der Waals surface area contributed by atoms with Crippen LogP contribution >= 0.6 is 11.3 Å². The molecule has 3 rings (SSSR count). The molecule has 114 valence electrons. The molecule has 23 heavy (non-hydrogen) atoms. The van der Waals surface area contributed by atoms with Crippen LogP contribution in [0.4, 0.5) is 5.82 Å². The average molecular weight is 323 g/mol. The van der Waals surface area contributed by atoms with Crippen LogP contribution in [0.25, 0.3) is 0 Å². The van der Waals surface area contributed by atoms with Gasteiger partial charge >= 0.3 is 0 Å². The zero-order valence-electron chi connectivity index (χ0n) is 12.1. The molecule has 0 atom stereocenters. The van der Waals surface area contributed by atoms with Crippen molar-refractivity contribution in [2.45, 2.75) is 13.0 Å². The standard InChI is InChI=1S/C16H13N5OS/c17-8-13-15(19-9-11-1-4-18-5-2-11)20-14(21-16(13)22)7-12-3-6-23-10-12/h1-6,10H,7,9H2,(H2,19,20,21,22). The van der Waals surface area contributed by atoms with Gasteiger partial charge in [-0.15, -0.1) is 0 Å². The molecule has 3 aromatic rings. The van der Waals surface area contributed by atoms with Crippen LogP contribution in [-0.4, -0.2) is 15.0 Å². The third-order valence-corrected chi connectivity index (χ3v) is 3.97. The topological polar surface area (TPSA) is 94.5 Å². The van der Waals surface area contributed by atoms with Gasteiger partial charge in [0, 0.05) is 25.4 Å². The van der Waals surface area contributed by atoms with Gasteiger partial charge in [0.1, 0.15) is 11.9 Å². The maximum Gasteiger partial charge on any atom is 0.271 e. The Morgan fingerprint density at radius 1 is 1.26 bits per heavy atom. The summed E-state index contributed by atoms with van der Waals surface area (Å²) in [5.74, 6) is 0.836. The zero-order chi connectivity index (χ0) is 16.1. The van der Waals surface area contributed by atoms with Gasteiger partial charge in [0.25, 0.3) is 5.56 Å². The molecule has 6 nitrogen and oxygen atoms in total. The largest absolute Gasteiger partial charge is 0.365 e. The Labute approximate surface area is 136 Å². The molecular formula is C16H13N5OS. The number of nitriles is 1. The highest BCUT2D eigenvalue weighted by Gasteiger charge is 2.11. The predicted molar refractivity (Wildman–Crippen MR) is 88.3 cm³/mol. The van der Waals surface area contributed by atoms with E-state index in [1.54, 1.807) is 23.7 Å². The van der Waals surface area contributed by atoms with E-state index in [2.05, 4.69) is 20.3 Å². The van der Waals surface area contributed by atoms with Crippen molar-refractivity contribution in [1.82, 2.24) is 15.0 Å². The second-order valence-corrected chi connectivity index (χ2v) is 5.65. The minimum absolute atomic E-state index is 0.00637. The molecule has 7 heteroatoms. The number of hydrogen-bond donors (Lipinski definition) is 2. The van der Waals surface area contributed by atoms with Crippen molar-refractivity contribution in [1.29, 1.82) is 5.26 Å². The van der Waals surface area contributed by atoms with E-state index in [9.17, 15) is 10.1 Å². The fourth-order valence-corrected chi connectivity index (χ4v) is 2.78. The Balaban J connectivity index is 1.86. The van der Waals surface area contributed by atoms with Crippen molar-refractivity contribution in [2.24, 2.45) is 0 Å². The second-order valence-electron chi connectivity index (χ2n) is 4.87. The summed E-state index contributed by atoms with van der Waals surface area (Å²) in [5, 5.41) is 16.2. The fourth-order valence-electron chi connectivity index (χ4n) is 2.11. The van der Waals surface area contributed by atoms with Gasteiger partial charge in [-0.25, -0.2) is 4.98 Å². The number of aromatic amines is 1. The normalized spacial score (nSPS) is 10.2. The Bertz CT molecular complexity index is 881. The van der Waals surface area contributed by atoms with Gasteiger partial charge in [-0.1, -0.05) is 0 Å². The molecule has 0 unspecified atom stereocenters. The molecule has 0 aliphatic carbocycles. The van der Waals surface area contributed by atoms with Gasteiger partial charge in [0.15, 0.2) is 11.4 Å². The van der Waals surface area contributed by atoms with Crippen LogP contribution in [0.5, 0.6) is 0 Å². The van der Waals surface area contributed by atoms with Crippen molar-refractivity contribution >= 4 is 17.2 Å². The third-order valence-electron chi connectivity index (χ3n) is 3.24. The summed E-state index contributed by atoms with van der Waals surface area (Å²) in [7, 11) is 0. The monoisotopic (exact) mass is 323 g/mol. The molecule has 0 saturated heterocycles. The van der Waals surface area contributed by atoms with E-state index in [1.165, 1.54) is 0 Å². The zero-order valence-corrected chi connectivity index (χ0v) is 12.9. The molecule has 0 aliphatic rings. The molecule has 0 saturated carbocycles. The van der Waals surface area contributed by atoms with Gasteiger partial charge in [-0.2, -0.15) is 16.6 Å². The lowest BCUT2D eigenvalue weighted by molar-refractivity contribution is 0.933. The number of nitrogens with one attached hydrogen (secondary N) is 2. The Morgan fingerprint density at radius 3 is 2.78 bits per heavy atom. The van der Waals surface area contributed by atoms with E-state index in [0.717, 1.165) is 11.1 Å². The molecular weight excluding hydrogens is 310 g/mol. The molecule has 2 N–H and O–H groups in total. The van der Waals surface area contributed by atoms with E-state index < -0.39 is 5.56 Å². The number of pyridine rings is 1. The molecule has 0 amide bonds. The highest BCUT2D eigenvalue weighted by atomic mass is 32.1. The van der Waals surface area contributed by atoms with Crippen molar-refractivity contribution in [3.8, 4) is 6.07 Å². The number of H-pyrrole nitrogens is 1. The van der Waals surface area contributed by atoms with Crippen LogP contribution in [0.1, 0.15) is 22.5 Å². The number of nitrogens with zero attached hydrogens (tertiary/aromatic N) is 3. The van der Waals surface area contributed by atoms with E-state index >= 15 is 0 Å². The molecule has 0 fully saturated rings. The van der Waals surface area contributed by atoms with Gasteiger partial charge in [0.05, 0.1) is 0 Å². The first-order valence-electron chi connectivity index (χ1n) is 6.93. The maximum absolute atomic E-state index is 12.1. The summed E-state index contributed by atoms with van der Waals surface area (Å²) >= 11 is 1.59. The minimum Gasteiger partial charge on any atom is -0.365 e. The molecule has 3 heterocycles. The number of aromatic nitrogens is 3. The SMILES string of the molecule is N#Cc1c(NCc2ccncc2)nc(Cc2ccsc2)[nH]c1=O. The molecule has 0 bridgehead atoms. The van der Waals surface area contributed by atoms with Crippen molar-refractivity contribution in [3.05, 3.63) is 74.2 Å². The summed E-state index contributed by atoms with van der Waals surface area (Å²) in [6.07, 6.45) is 3.90. The molecule has 0 radical (unpaired) electrons. The van der Waals surface area contributed by atoms with E-state index in [-0.39, 0.29) is 5.56 Å². The molecule has 0 aliphatic heterocycles. The lowest BCUT2D eigenvalue weighted by Crippen LogP contribution is -2.19. The lowest BCUT2D eigenvalue weighted by atomic mass is 10.2. The fraction of sp³-hybridized carbons (Fsp3) is 0.125. The smallest absolute Gasteiger partial charge is 0.271 e. The van der Waals surface area contributed by atoms with Crippen molar-refractivity contribution < 1.29 is 0 Å². The highest BCUT2D eigenvalue weighted by molar-refractivity contribution is 7.07. The van der Waals surface area contributed by atoms with Crippen molar-refractivity contribution in [3.63, 3.8) is 0 Å². The van der Waals surface area contributed by atoms with Crippen LogP contribution in [0, 0.1) is 11.3 Å². The maximum atomic E-state index is 12.1. The van der Waals surface area contributed by atoms with Crippen LogP contribution in [0.2, 0.25) is 0 Å².